The Morgan fingerprint density at radius 2 is 2.00 bits per heavy atom. The van der Waals surface area contributed by atoms with E-state index in [1.807, 2.05) is 12.1 Å². The molecule has 0 fully saturated rings. The van der Waals surface area contributed by atoms with Crippen LogP contribution < -0.4 is 5.56 Å². The summed E-state index contributed by atoms with van der Waals surface area (Å²) < 4.78 is 15.8. The Labute approximate surface area is 154 Å². The van der Waals surface area contributed by atoms with Gasteiger partial charge in [0.1, 0.15) is 11.5 Å². The van der Waals surface area contributed by atoms with Crippen molar-refractivity contribution >= 4 is 11.6 Å². The first-order valence-corrected chi connectivity index (χ1v) is 8.41. The van der Waals surface area contributed by atoms with Crippen molar-refractivity contribution in [1.82, 2.24) is 14.8 Å². The number of aromatic nitrogens is 3. The molecule has 7 heteroatoms. The molecule has 3 rings (SSSR count). The van der Waals surface area contributed by atoms with Crippen molar-refractivity contribution in [3.63, 3.8) is 0 Å². The van der Waals surface area contributed by atoms with E-state index >= 15 is 0 Å². The van der Waals surface area contributed by atoms with Crippen LogP contribution >= 0.6 is 11.6 Å². The largest absolute Gasteiger partial charge is 0.505 e. The molecule has 0 spiro atoms. The fraction of sp³-hybridized carbons (Fsp3) is 0.211. The summed E-state index contributed by atoms with van der Waals surface area (Å²) in [6, 6.07) is 6.37. The average Bonchev–Trinajstić information content (AvgIpc) is 2.63. The van der Waals surface area contributed by atoms with Gasteiger partial charge in [0.2, 0.25) is 0 Å². The monoisotopic (exact) mass is 373 g/mol. The highest BCUT2D eigenvalue weighted by Crippen LogP contribution is 2.36. The van der Waals surface area contributed by atoms with Crippen LogP contribution in [0.5, 0.6) is 5.75 Å². The molecule has 5 nitrogen and oxygen atoms in total. The summed E-state index contributed by atoms with van der Waals surface area (Å²) in [5.74, 6) is -0.953. The molecule has 0 saturated carbocycles. The van der Waals surface area contributed by atoms with Crippen molar-refractivity contribution in [3.8, 4) is 16.9 Å². The summed E-state index contributed by atoms with van der Waals surface area (Å²) >= 11 is 6.31. The van der Waals surface area contributed by atoms with E-state index in [-0.39, 0.29) is 22.6 Å². The third kappa shape index (κ3) is 3.32. The summed E-state index contributed by atoms with van der Waals surface area (Å²) in [6.45, 7) is 1.55. The highest BCUT2D eigenvalue weighted by molar-refractivity contribution is 6.31. The van der Waals surface area contributed by atoms with E-state index < -0.39 is 11.4 Å². The lowest BCUT2D eigenvalue weighted by Gasteiger charge is -2.15. The minimum Gasteiger partial charge on any atom is -0.505 e. The molecule has 0 amide bonds. The Morgan fingerprint density at radius 1 is 1.23 bits per heavy atom. The smallest absolute Gasteiger partial charge is 0.278 e. The predicted molar refractivity (Wildman–Crippen MR) is 97.9 cm³/mol. The number of nitrogens with zero attached hydrogens (tertiary/aromatic N) is 3. The quantitative estimate of drug-likeness (QED) is 0.760. The van der Waals surface area contributed by atoms with Gasteiger partial charge in [-0.3, -0.25) is 9.78 Å². The summed E-state index contributed by atoms with van der Waals surface area (Å²) in [6.07, 6.45) is 4.35. The van der Waals surface area contributed by atoms with E-state index in [0.29, 0.717) is 23.4 Å². The number of aryl methyl sites for hydroxylation is 3. The van der Waals surface area contributed by atoms with E-state index in [9.17, 15) is 14.3 Å². The zero-order valence-electron chi connectivity index (χ0n) is 14.3. The molecule has 3 aromatic rings. The number of aromatic hydroxyl groups is 1. The lowest BCUT2D eigenvalue weighted by atomic mass is 9.94. The first-order chi connectivity index (χ1) is 12.4. The molecular weight excluding hydrogens is 357 g/mol. The maximum absolute atomic E-state index is 14.7. The third-order valence-corrected chi connectivity index (χ3v) is 4.58. The SMILES string of the molecule is Cc1nn(C)c(=O)c(-c2c(F)ccc(Cl)c2CCc2cccnc2)c1O. The average molecular weight is 374 g/mol. The molecular formula is C19H17ClFN3O2. The molecule has 134 valence electrons. The van der Waals surface area contributed by atoms with E-state index in [1.165, 1.54) is 19.2 Å². The number of hydrogen-bond acceptors (Lipinski definition) is 4. The molecule has 0 aliphatic carbocycles. The highest BCUT2D eigenvalue weighted by atomic mass is 35.5. The van der Waals surface area contributed by atoms with Crippen LogP contribution in [0.15, 0.2) is 41.5 Å². The van der Waals surface area contributed by atoms with Crippen molar-refractivity contribution in [1.29, 1.82) is 0 Å². The van der Waals surface area contributed by atoms with Gasteiger partial charge in [-0.25, -0.2) is 9.07 Å². The van der Waals surface area contributed by atoms with Crippen LogP contribution in [0, 0.1) is 12.7 Å². The molecule has 2 heterocycles. The summed E-state index contributed by atoms with van der Waals surface area (Å²) in [4.78, 5) is 16.6. The van der Waals surface area contributed by atoms with Gasteiger partial charge in [0.15, 0.2) is 5.75 Å². The molecule has 0 bridgehead atoms. The predicted octanol–water partition coefficient (Wildman–Crippen LogP) is 3.43. The van der Waals surface area contributed by atoms with Crippen LogP contribution in [0.3, 0.4) is 0 Å². The number of halogens is 2. The lowest BCUT2D eigenvalue weighted by molar-refractivity contribution is 0.460. The van der Waals surface area contributed by atoms with Crippen molar-refractivity contribution in [3.05, 3.63) is 74.7 Å². The van der Waals surface area contributed by atoms with Gasteiger partial charge in [-0.1, -0.05) is 17.7 Å². The van der Waals surface area contributed by atoms with Crippen molar-refractivity contribution in [2.45, 2.75) is 19.8 Å². The zero-order valence-corrected chi connectivity index (χ0v) is 15.1. The van der Waals surface area contributed by atoms with Gasteiger partial charge in [0.25, 0.3) is 5.56 Å². The third-order valence-electron chi connectivity index (χ3n) is 4.23. The Hall–Kier alpha value is -2.73. The number of hydrogen-bond donors (Lipinski definition) is 1. The molecule has 0 aliphatic rings. The fourth-order valence-corrected chi connectivity index (χ4v) is 3.16. The van der Waals surface area contributed by atoms with Crippen molar-refractivity contribution in [2.75, 3.05) is 0 Å². The summed E-state index contributed by atoms with van der Waals surface area (Å²) in [5, 5.41) is 14.6. The second kappa shape index (κ2) is 7.25. The maximum Gasteiger partial charge on any atom is 0.278 e. The molecule has 0 saturated heterocycles. The van der Waals surface area contributed by atoms with Crippen LogP contribution in [0.25, 0.3) is 11.1 Å². The molecule has 0 atom stereocenters. The standard InChI is InChI=1S/C19H17ClFN3O2/c1-11-18(25)17(19(26)24(2)23-11)16-13(14(20)7-8-15(16)21)6-5-12-4-3-9-22-10-12/h3-4,7-10,25H,5-6H2,1-2H3. The summed E-state index contributed by atoms with van der Waals surface area (Å²) in [7, 11) is 1.45. The molecule has 0 radical (unpaired) electrons. The van der Waals surface area contributed by atoms with Crippen molar-refractivity contribution in [2.24, 2.45) is 7.05 Å². The van der Waals surface area contributed by atoms with Gasteiger partial charge >= 0.3 is 0 Å². The van der Waals surface area contributed by atoms with Gasteiger partial charge in [-0.2, -0.15) is 5.10 Å². The first kappa shape index (κ1) is 18.1. The van der Waals surface area contributed by atoms with Crippen LogP contribution in [-0.2, 0) is 19.9 Å². The Morgan fingerprint density at radius 3 is 2.69 bits per heavy atom. The normalized spacial score (nSPS) is 10.9. The Kier molecular flexibility index (Phi) is 5.04. The molecule has 1 N–H and O–H groups in total. The number of benzene rings is 1. The van der Waals surface area contributed by atoms with Gasteiger partial charge in [0, 0.05) is 30.0 Å². The van der Waals surface area contributed by atoms with Gasteiger partial charge in [-0.15, -0.1) is 0 Å². The minimum atomic E-state index is -0.617. The minimum absolute atomic E-state index is 0.0185. The van der Waals surface area contributed by atoms with Crippen LogP contribution in [0.2, 0.25) is 5.02 Å². The maximum atomic E-state index is 14.7. The second-order valence-electron chi connectivity index (χ2n) is 5.98. The van der Waals surface area contributed by atoms with Gasteiger partial charge in [-0.05, 0) is 49.1 Å². The van der Waals surface area contributed by atoms with E-state index in [1.54, 1.807) is 19.3 Å². The van der Waals surface area contributed by atoms with E-state index in [2.05, 4.69) is 10.1 Å². The zero-order chi connectivity index (χ0) is 18.8. The first-order valence-electron chi connectivity index (χ1n) is 8.03. The molecule has 0 unspecified atom stereocenters. The van der Waals surface area contributed by atoms with Crippen molar-refractivity contribution < 1.29 is 9.50 Å². The van der Waals surface area contributed by atoms with Gasteiger partial charge < -0.3 is 5.11 Å². The number of pyridine rings is 1. The topological polar surface area (TPSA) is 68.0 Å². The lowest BCUT2D eigenvalue weighted by Crippen LogP contribution is -2.23. The molecule has 26 heavy (non-hydrogen) atoms. The van der Waals surface area contributed by atoms with E-state index in [0.717, 1.165) is 10.2 Å². The second-order valence-corrected chi connectivity index (χ2v) is 6.39. The van der Waals surface area contributed by atoms with Crippen LogP contribution in [0.4, 0.5) is 4.39 Å². The molecule has 2 aromatic heterocycles. The highest BCUT2D eigenvalue weighted by Gasteiger charge is 2.23. The van der Waals surface area contributed by atoms with Gasteiger partial charge in [0.05, 0.1) is 5.56 Å². The molecule has 0 aliphatic heterocycles. The van der Waals surface area contributed by atoms with Crippen LogP contribution in [-0.4, -0.2) is 19.9 Å². The Balaban J connectivity index is 2.17. The molecule has 1 aromatic carbocycles. The summed E-state index contributed by atoms with van der Waals surface area (Å²) in [5.41, 5.74) is 0.970. The fourth-order valence-electron chi connectivity index (χ4n) is 2.91. The Bertz CT molecular complexity index is 1020. The van der Waals surface area contributed by atoms with Crippen LogP contribution in [0.1, 0.15) is 16.8 Å². The number of rotatable bonds is 4. The van der Waals surface area contributed by atoms with E-state index in [4.69, 9.17) is 11.6 Å².